The molecule has 0 atom stereocenters. The Labute approximate surface area is 159 Å². The van der Waals surface area contributed by atoms with Crippen LogP contribution in [0.2, 0.25) is 0 Å². The lowest BCUT2D eigenvalue weighted by Crippen LogP contribution is -2.23. The standard InChI is InChI=1S/C20H28N4O3/c1-4-27-19(26)17-12(2)16(13(3)22-17)18-14(11-25)10-21-20(24-18)23-15-8-6-5-7-9-15/h10,15,22,25H,4-9,11H2,1-3H3,(H,21,23,24). The van der Waals surface area contributed by atoms with E-state index in [1.54, 1.807) is 13.1 Å². The van der Waals surface area contributed by atoms with E-state index in [4.69, 9.17) is 9.72 Å². The molecule has 2 aromatic rings. The van der Waals surface area contributed by atoms with Gasteiger partial charge in [0.25, 0.3) is 0 Å². The Morgan fingerprint density at radius 1 is 1.33 bits per heavy atom. The van der Waals surface area contributed by atoms with E-state index in [1.807, 2.05) is 13.8 Å². The Kier molecular flexibility index (Phi) is 6.11. The minimum absolute atomic E-state index is 0.169. The number of anilines is 1. The molecule has 7 heteroatoms. The first-order valence-electron chi connectivity index (χ1n) is 9.65. The number of hydrogen-bond donors (Lipinski definition) is 3. The molecule has 0 unspecified atom stereocenters. The van der Waals surface area contributed by atoms with E-state index in [-0.39, 0.29) is 12.6 Å². The van der Waals surface area contributed by atoms with Crippen LogP contribution in [-0.4, -0.2) is 38.7 Å². The van der Waals surface area contributed by atoms with Crippen molar-refractivity contribution >= 4 is 11.9 Å². The van der Waals surface area contributed by atoms with Crippen LogP contribution in [0.4, 0.5) is 5.95 Å². The molecule has 0 bridgehead atoms. The van der Waals surface area contributed by atoms with E-state index >= 15 is 0 Å². The summed E-state index contributed by atoms with van der Waals surface area (Å²) in [6.07, 6.45) is 7.62. The topological polar surface area (TPSA) is 100 Å². The second kappa shape index (κ2) is 8.52. The molecule has 1 saturated carbocycles. The molecule has 2 heterocycles. The van der Waals surface area contributed by atoms with Crippen LogP contribution in [0.1, 0.15) is 66.3 Å². The molecule has 3 rings (SSSR count). The maximum absolute atomic E-state index is 12.2. The number of aromatic nitrogens is 3. The van der Waals surface area contributed by atoms with Gasteiger partial charge in [0.1, 0.15) is 5.69 Å². The molecular formula is C20H28N4O3. The van der Waals surface area contributed by atoms with Gasteiger partial charge in [-0.15, -0.1) is 0 Å². The first-order valence-corrected chi connectivity index (χ1v) is 9.65. The highest BCUT2D eigenvalue weighted by Gasteiger charge is 2.23. The summed E-state index contributed by atoms with van der Waals surface area (Å²) in [5.74, 6) is 0.177. The number of H-pyrrole nitrogens is 1. The molecule has 1 aliphatic rings. The van der Waals surface area contributed by atoms with E-state index in [9.17, 15) is 9.90 Å². The van der Waals surface area contributed by atoms with E-state index in [0.29, 0.717) is 35.5 Å². The van der Waals surface area contributed by atoms with Crippen molar-refractivity contribution in [3.05, 3.63) is 28.7 Å². The first kappa shape index (κ1) is 19.4. The number of esters is 1. The van der Waals surface area contributed by atoms with E-state index in [1.165, 1.54) is 19.3 Å². The van der Waals surface area contributed by atoms with Gasteiger partial charge in [0.05, 0.1) is 18.9 Å². The molecule has 27 heavy (non-hydrogen) atoms. The third-order valence-corrected chi connectivity index (χ3v) is 5.13. The average Bonchev–Trinajstić information content (AvgIpc) is 2.97. The van der Waals surface area contributed by atoms with Crippen LogP contribution in [0.3, 0.4) is 0 Å². The minimum atomic E-state index is -0.385. The molecule has 0 aliphatic heterocycles. The highest BCUT2D eigenvalue weighted by Crippen LogP contribution is 2.32. The van der Waals surface area contributed by atoms with Crippen molar-refractivity contribution in [2.24, 2.45) is 0 Å². The predicted octanol–water partition coefficient (Wildman–Crippen LogP) is 3.50. The zero-order chi connectivity index (χ0) is 19.4. The van der Waals surface area contributed by atoms with Crippen LogP contribution >= 0.6 is 0 Å². The summed E-state index contributed by atoms with van der Waals surface area (Å²) >= 11 is 0. The smallest absolute Gasteiger partial charge is 0.355 e. The van der Waals surface area contributed by atoms with Crippen LogP contribution in [0.25, 0.3) is 11.3 Å². The Balaban J connectivity index is 1.97. The van der Waals surface area contributed by atoms with Crippen LogP contribution < -0.4 is 5.32 Å². The van der Waals surface area contributed by atoms with Crippen molar-refractivity contribution in [1.29, 1.82) is 0 Å². The van der Waals surface area contributed by atoms with Crippen molar-refractivity contribution in [3.63, 3.8) is 0 Å². The fourth-order valence-electron chi connectivity index (χ4n) is 3.75. The van der Waals surface area contributed by atoms with Gasteiger partial charge in [-0.3, -0.25) is 0 Å². The van der Waals surface area contributed by atoms with Crippen molar-refractivity contribution in [2.75, 3.05) is 11.9 Å². The third kappa shape index (κ3) is 4.13. The zero-order valence-electron chi connectivity index (χ0n) is 16.3. The Hall–Kier alpha value is -2.41. The zero-order valence-corrected chi connectivity index (χ0v) is 16.3. The second-order valence-corrected chi connectivity index (χ2v) is 7.05. The third-order valence-electron chi connectivity index (χ3n) is 5.13. The van der Waals surface area contributed by atoms with Crippen LogP contribution in [0, 0.1) is 13.8 Å². The van der Waals surface area contributed by atoms with Crippen LogP contribution in [0.15, 0.2) is 6.20 Å². The summed E-state index contributed by atoms with van der Waals surface area (Å²) in [4.78, 5) is 24.4. The summed E-state index contributed by atoms with van der Waals surface area (Å²) < 4.78 is 5.13. The molecule has 1 aliphatic carbocycles. The van der Waals surface area contributed by atoms with E-state index in [2.05, 4.69) is 15.3 Å². The highest BCUT2D eigenvalue weighted by atomic mass is 16.5. The number of rotatable bonds is 6. The number of carbonyl (C=O) groups is 1. The number of aliphatic hydroxyl groups is 1. The van der Waals surface area contributed by atoms with Gasteiger partial charge in [0, 0.05) is 29.1 Å². The number of ether oxygens (including phenoxy) is 1. The fourth-order valence-corrected chi connectivity index (χ4v) is 3.75. The molecule has 0 aromatic carbocycles. The molecule has 0 saturated heterocycles. The fraction of sp³-hybridized carbons (Fsp3) is 0.550. The van der Waals surface area contributed by atoms with Crippen molar-refractivity contribution in [3.8, 4) is 11.3 Å². The van der Waals surface area contributed by atoms with Gasteiger partial charge in [0.2, 0.25) is 5.95 Å². The van der Waals surface area contributed by atoms with Crippen molar-refractivity contribution < 1.29 is 14.6 Å². The molecule has 1 fully saturated rings. The van der Waals surface area contributed by atoms with Gasteiger partial charge in [-0.25, -0.2) is 14.8 Å². The van der Waals surface area contributed by atoms with Gasteiger partial charge in [-0.05, 0) is 39.2 Å². The average molecular weight is 372 g/mol. The lowest BCUT2D eigenvalue weighted by Gasteiger charge is -2.23. The Morgan fingerprint density at radius 3 is 2.74 bits per heavy atom. The van der Waals surface area contributed by atoms with Gasteiger partial charge < -0.3 is 20.1 Å². The van der Waals surface area contributed by atoms with Gasteiger partial charge in [0.15, 0.2) is 0 Å². The number of carbonyl (C=O) groups excluding carboxylic acids is 1. The maximum Gasteiger partial charge on any atom is 0.355 e. The molecule has 0 spiro atoms. The van der Waals surface area contributed by atoms with Crippen LogP contribution in [-0.2, 0) is 11.3 Å². The molecule has 146 valence electrons. The monoisotopic (exact) mass is 372 g/mol. The quantitative estimate of drug-likeness (QED) is 0.671. The maximum atomic E-state index is 12.2. The first-order chi connectivity index (χ1) is 13.0. The summed E-state index contributed by atoms with van der Waals surface area (Å²) in [6, 6.07) is 0.384. The molecule has 7 nitrogen and oxygen atoms in total. The number of aliphatic hydroxyl groups excluding tert-OH is 1. The number of nitrogens with one attached hydrogen (secondary N) is 2. The summed E-state index contributed by atoms with van der Waals surface area (Å²) in [5.41, 5.74) is 4.10. The molecule has 0 radical (unpaired) electrons. The summed E-state index contributed by atoms with van der Waals surface area (Å²) in [7, 11) is 0. The molecule has 2 aromatic heterocycles. The number of nitrogens with zero attached hydrogens (tertiary/aromatic N) is 2. The highest BCUT2D eigenvalue weighted by molar-refractivity contribution is 5.92. The number of aryl methyl sites for hydroxylation is 1. The Morgan fingerprint density at radius 2 is 2.07 bits per heavy atom. The molecule has 0 amide bonds. The SMILES string of the molecule is CCOC(=O)c1[nH]c(C)c(-c2nc(NC3CCCCC3)ncc2CO)c1C. The van der Waals surface area contributed by atoms with E-state index < -0.39 is 0 Å². The molecule has 3 N–H and O–H groups in total. The largest absolute Gasteiger partial charge is 0.461 e. The van der Waals surface area contributed by atoms with Crippen LogP contribution in [0.5, 0.6) is 0 Å². The second-order valence-electron chi connectivity index (χ2n) is 7.05. The van der Waals surface area contributed by atoms with Gasteiger partial charge in [-0.1, -0.05) is 19.3 Å². The number of aromatic amines is 1. The lowest BCUT2D eigenvalue weighted by molar-refractivity contribution is 0.0519. The predicted molar refractivity (Wildman–Crippen MR) is 104 cm³/mol. The minimum Gasteiger partial charge on any atom is -0.461 e. The van der Waals surface area contributed by atoms with E-state index in [0.717, 1.165) is 29.7 Å². The number of hydrogen-bond acceptors (Lipinski definition) is 6. The summed E-state index contributed by atoms with van der Waals surface area (Å²) in [6.45, 7) is 5.68. The van der Waals surface area contributed by atoms with Crippen molar-refractivity contribution in [2.45, 2.75) is 65.5 Å². The summed E-state index contributed by atoms with van der Waals surface area (Å²) in [5, 5.41) is 13.2. The molecular weight excluding hydrogens is 344 g/mol. The normalized spacial score (nSPS) is 15.0. The Bertz CT molecular complexity index is 810. The lowest BCUT2D eigenvalue weighted by atomic mass is 9.96. The van der Waals surface area contributed by atoms with Gasteiger partial charge in [-0.2, -0.15) is 0 Å². The van der Waals surface area contributed by atoms with Gasteiger partial charge >= 0.3 is 5.97 Å². The van der Waals surface area contributed by atoms with Crippen molar-refractivity contribution in [1.82, 2.24) is 15.0 Å².